The number of hydrogen-bond acceptors (Lipinski definition) is 5. The van der Waals surface area contributed by atoms with Crippen LogP contribution in [-0.2, 0) is 14.3 Å². The first-order valence-corrected chi connectivity index (χ1v) is 10.3. The first-order valence-electron chi connectivity index (χ1n) is 10.3. The molecule has 0 aliphatic carbocycles. The van der Waals surface area contributed by atoms with Crippen LogP contribution in [0.25, 0.3) is 0 Å². The van der Waals surface area contributed by atoms with Gasteiger partial charge in [0.25, 0.3) is 5.91 Å². The minimum absolute atomic E-state index is 0.0339. The summed E-state index contributed by atoms with van der Waals surface area (Å²) >= 11 is 0. The molecular weight excluding hydrogens is 386 g/mol. The lowest BCUT2D eigenvalue weighted by molar-refractivity contribution is -0.134. The van der Waals surface area contributed by atoms with Crippen molar-refractivity contribution in [2.45, 2.75) is 52.2 Å². The van der Waals surface area contributed by atoms with Crippen molar-refractivity contribution in [1.82, 2.24) is 9.80 Å². The Morgan fingerprint density at radius 2 is 1.67 bits per heavy atom. The number of amides is 3. The van der Waals surface area contributed by atoms with Crippen LogP contribution in [0.15, 0.2) is 24.3 Å². The zero-order valence-corrected chi connectivity index (χ0v) is 18.4. The fourth-order valence-corrected chi connectivity index (χ4v) is 3.57. The molecule has 164 valence electrons. The number of para-hydroxylation sites is 2. The monoisotopic (exact) mass is 417 g/mol. The van der Waals surface area contributed by atoms with Crippen molar-refractivity contribution in [2.75, 3.05) is 37.6 Å². The summed E-state index contributed by atoms with van der Waals surface area (Å²) in [4.78, 5) is 42.8. The summed E-state index contributed by atoms with van der Waals surface area (Å²) in [7, 11) is 0. The van der Waals surface area contributed by atoms with Gasteiger partial charge in [0.2, 0.25) is 5.91 Å². The lowest BCUT2D eigenvalue weighted by Crippen LogP contribution is -2.54. The standard InChI is InChI=1S/C22H31N3O5/c1-21(2,3)30-20(28)24-14-12-23(13-15-24)18(26)10-11-25-16-8-6-7-9-17(16)29-22(4,5)19(25)27/h6-9H,10-15H2,1-5H3. The number of fused-ring (bicyclic) bond motifs is 1. The highest BCUT2D eigenvalue weighted by Gasteiger charge is 2.41. The average Bonchev–Trinajstić information content (AvgIpc) is 2.66. The van der Waals surface area contributed by atoms with Crippen LogP contribution in [0, 0.1) is 0 Å². The summed E-state index contributed by atoms with van der Waals surface area (Å²) in [5.74, 6) is 0.442. The first kappa shape index (κ1) is 21.9. The van der Waals surface area contributed by atoms with E-state index in [1.165, 1.54) is 0 Å². The SMILES string of the molecule is CC(C)(C)OC(=O)N1CCN(C(=O)CCN2C(=O)C(C)(C)Oc3ccccc32)CC1. The number of rotatable bonds is 3. The van der Waals surface area contributed by atoms with Crippen molar-refractivity contribution < 1.29 is 23.9 Å². The Labute approximate surface area is 177 Å². The van der Waals surface area contributed by atoms with Gasteiger partial charge in [-0.05, 0) is 46.8 Å². The van der Waals surface area contributed by atoms with Crippen LogP contribution in [0.3, 0.4) is 0 Å². The van der Waals surface area contributed by atoms with Gasteiger partial charge in [-0.2, -0.15) is 0 Å². The van der Waals surface area contributed by atoms with Gasteiger partial charge in [0.15, 0.2) is 5.60 Å². The number of carbonyl (C=O) groups is 3. The predicted octanol–water partition coefficient (Wildman–Crippen LogP) is 2.66. The van der Waals surface area contributed by atoms with Crippen molar-refractivity contribution in [3.05, 3.63) is 24.3 Å². The predicted molar refractivity (Wildman–Crippen MR) is 113 cm³/mol. The van der Waals surface area contributed by atoms with Gasteiger partial charge in [-0.3, -0.25) is 9.59 Å². The van der Waals surface area contributed by atoms with E-state index in [-0.39, 0.29) is 30.9 Å². The molecule has 3 amide bonds. The molecule has 0 N–H and O–H groups in total. The lowest BCUT2D eigenvalue weighted by Gasteiger charge is -2.39. The van der Waals surface area contributed by atoms with E-state index in [0.717, 1.165) is 0 Å². The molecule has 0 atom stereocenters. The second-order valence-electron chi connectivity index (χ2n) is 9.14. The van der Waals surface area contributed by atoms with Gasteiger partial charge in [0.1, 0.15) is 11.4 Å². The van der Waals surface area contributed by atoms with Crippen LogP contribution >= 0.6 is 0 Å². The normalized spacial score (nSPS) is 18.6. The van der Waals surface area contributed by atoms with Gasteiger partial charge in [0.05, 0.1) is 5.69 Å². The second kappa shape index (κ2) is 8.16. The van der Waals surface area contributed by atoms with Crippen molar-refractivity contribution in [1.29, 1.82) is 0 Å². The van der Waals surface area contributed by atoms with Crippen molar-refractivity contribution in [3.63, 3.8) is 0 Å². The number of ether oxygens (including phenoxy) is 2. The molecular formula is C22H31N3O5. The van der Waals surface area contributed by atoms with Gasteiger partial charge in [-0.1, -0.05) is 12.1 Å². The number of hydrogen-bond donors (Lipinski definition) is 0. The molecule has 1 saturated heterocycles. The largest absolute Gasteiger partial charge is 0.476 e. The Kier molecular flexibility index (Phi) is 5.97. The molecule has 0 aromatic heterocycles. The second-order valence-corrected chi connectivity index (χ2v) is 9.14. The molecule has 1 aromatic carbocycles. The maximum Gasteiger partial charge on any atom is 0.410 e. The molecule has 1 fully saturated rings. The van der Waals surface area contributed by atoms with Crippen LogP contribution in [0.5, 0.6) is 5.75 Å². The maximum atomic E-state index is 12.8. The van der Waals surface area contributed by atoms with E-state index in [0.29, 0.717) is 37.6 Å². The average molecular weight is 418 g/mol. The molecule has 0 bridgehead atoms. The minimum atomic E-state index is -0.976. The van der Waals surface area contributed by atoms with E-state index in [1.807, 2.05) is 45.0 Å². The Bertz CT molecular complexity index is 822. The fraction of sp³-hybridized carbons (Fsp3) is 0.591. The quantitative estimate of drug-likeness (QED) is 0.756. The number of carbonyl (C=O) groups excluding carboxylic acids is 3. The zero-order valence-electron chi connectivity index (χ0n) is 18.4. The third-order valence-corrected chi connectivity index (χ3v) is 5.11. The van der Waals surface area contributed by atoms with Crippen LogP contribution < -0.4 is 9.64 Å². The Balaban J connectivity index is 1.56. The van der Waals surface area contributed by atoms with Crippen molar-refractivity contribution in [3.8, 4) is 5.75 Å². The zero-order chi connectivity index (χ0) is 22.1. The molecule has 2 aliphatic heterocycles. The summed E-state index contributed by atoms with van der Waals surface area (Å²) in [6.07, 6.45) is -0.143. The van der Waals surface area contributed by atoms with Crippen LogP contribution in [0.2, 0.25) is 0 Å². The van der Waals surface area contributed by atoms with Gasteiger partial charge in [-0.15, -0.1) is 0 Å². The molecule has 8 heteroatoms. The van der Waals surface area contributed by atoms with Crippen LogP contribution in [0.1, 0.15) is 41.0 Å². The third-order valence-electron chi connectivity index (χ3n) is 5.11. The fourth-order valence-electron chi connectivity index (χ4n) is 3.57. The molecule has 2 aliphatic rings. The van der Waals surface area contributed by atoms with E-state index >= 15 is 0 Å². The van der Waals surface area contributed by atoms with E-state index in [2.05, 4.69) is 0 Å². The third kappa shape index (κ3) is 4.86. The highest BCUT2D eigenvalue weighted by Crippen LogP contribution is 2.37. The van der Waals surface area contributed by atoms with Crippen molar-refractivity contribution in [2.24, 2.45) is 0 Å². The van der Waals surface area contributed by atoms with E-state index < -0.39 is 11.2 Å². The van der Waals surface area contributed by atoms with Gasteiger partial charge in [-0.25, -0.2) is 4.79 Å². The summed E-state index contributed by atoms with van der Waals surface area (Å²) in [5.41, 5.74) is -0.834. The van der Waals surface area contributed by atoms with Gasteiger partial charge >= 0.3 is 6.09 Å². The molecule has 0 radical (unpaired) electrons. The molecule has 0 saturated carbocycles. The van der Waals surface area contributed by atoms with Crippen LogP contribution in [0.4, 0.5) is 10.5 Å². The van der Waals surface area contributed by atoms with Crippen molar-refractivity contribution >= 4 is 23.6 Å². The highest BCUT2D eigenvalue weighted by atomic mass is 16.6. The highest BCUT2D eigenvalue weighted by molar-refractivity contribution is 6.02. The number of anilines is 1. The summed E-state index contributed by atoms with van der Waals surface area (Å²) in [6, 6.07) is 7.36. The number of piperazine rings is 1. The molecule has 3 rings (SSSR count). The Morgan fingerprint density at radius 3 is 2.30 bits per heavy atom. The topological polar surface area (TPSA) is 79.4 Å². The van der Waals surface area contributed by atoms with Gasteiger partial charge in [0, 0.05) is 39.1 Å². The molecule has 0 spiro atoms. The Morgan fingerprint density at radius 1 is 1.07 bits per heavy atom. The smallest absolute Gasteiger partial charge is 0.410 e. The molecule has 8 nitrogen and oxygen atoms in total. The molecule has 2 heterocycles. The number of benzene rings is 1. The van der Waals surface area contributed by atoms with Crippen LogP contribution in [-0.4, -0.2) is 71.6 Å². The maximum absolute atomic E-state index is 12.8. The van der Waals surface area contributed by atoms with Gasteiger partial charge < -0.3 is 24.2 Å². The summed E-state index contributed by atoms with van der Waals surface area (Å²) in [6.45, 7) is 11.0. The van der Waals surface area contributed by atoms with E-state index in [1.54, 1.807) is 28.5 Å². The molecule has 0 unspecified atom stereocenters. The minimum Gasteiger partial charge on any atom is -0.476 e. The Hall–Kier alpha value is -2.77. The number of nitrogens with zero attached hydrogens (tertiary/aromatic N) is 3. The lowest BCUT2D eigenvalue weighted by atomic mass is 10.0. The summed E-state index contributed by atoms with van der Waals surface area (Å²) < 4.78 is 11.2. The molecule has 1 aromatic rings. The van der Waals surface area contributed by atoms with E-state index in [9.17, 15) is 14.4 Å². The van der Waals surface area contributed by atoms with E-state index in [4.69, 9.17) is 9.47 Å². The molecule has 30 heavy (non-hydrogen) atoms. The summed E-state index contributed by atoms with van der Waals surface area (Å²) in [5, 5.41) is 0. The first-order chi connectivity index (χ1) is 14.0.